The zero-order valence-electron chi connectivity index (χ0n) is 22.6. The van der Waals surface area contributed by atoms with E-state index in [9.17, 15) is 9.18 Å². The highest BCUT2D eigenvalue weighted by atomic mass is 35.5. The first-order valence-electron chi connectivity index (χ1n) is 13.6. The number of rotatable bonds is 11. The van der Waals surface area contributed by atoms with Gasteiger partial charge in [0, 0.05) is 56.6 Å². The van der Waals surface area contributed by atoms with E-state index in [1.807, 2.05) is 24.4 Å². The lowest BCUT2D eigenvalue weighted by Crippen LogP contribution is -2.38. The number of ether oxygens (including phenoxy) is 1. The van der Waals surface area contributed by atoms with Crippen molar-refractivity contribution < 1.29 is 13.9 Å². The number of fused-ring (bicyclic) bond motifs is 1. The Balaban J connectivity index is 1.18. The van der Waals surface area contributed by atoms with E-state index in [0.717, 1.165) is 72.6 Å². The van der Waals surface area contributed by atoms with Crippen LogP contribution < -0.4 is 10.2 Å². The fourth-order valence-electron chi connectivity index (χ4n) is 5.11. The lowest BCUT2D eigenvalue weighted by atomic mass is 10.1. The number of carbonyl (C=O) groups excluding carboxylic acids is 1. The maximum absolute atomic E-state index is 13.3. The molecule has 0 aliphatic carbocycles. The van der Waals surface area contributed by atoms with Gasteiger partial charge in [0.2, 0.25) is 5.91 Å². The van der Waals surface area contributed by atoms with Gasteiger partial charge in [-0.3, -0.25) is 4.79 Å². The van der Waals surface area contributed by atoms with Crippen molar-refractivity contribution in [1.82, 2.24) is 25.2 Å². The minimum atomic E-state index is -0.304. The van der Waals surface area contributed by atoms with Crippen LogP contribution >= 0.6 is 11.6 Å². The minimum absolute atomic E-state index is 0.0677. The first kappa shape index (κ1) is 28.0. The number of nitrogens with zero attached hydrogens (tertiary/aromatic N) is 4. The number of carbonyl (C=O) groups is 1. The largest absolute Gasteiger partial charge is 0.373 e. The number of anilines is 2. The molecule has 0 unspecified atom stereocenters. The monoisotopic (exact) mass is 564 g/mol. The predicted octanol–water partition coefficient (Wildman–Crippen LogP) is 5.25. The van der Waals surface area contributed by atoms with Gasteiger partial charge in [-0.25, -0.2) is 14.4 Å². The highest BCUT2D eigenvalue weighted by Crippen LogP contribution is 2.30. The number of nitrogens with one attached hydrogen (secondary N) is 2. The number of hydrogen-bond acceptors (Lipinski definition) is 6. The number of aromatic nitrogens is 3. The van der Waals surface area contributed by atoms with E-state index >= 15 is 0 Å². The first-order chi connectivity index (χ1) is 19.5. The first-order valence-corrected chi connectivity index (χ1v) is 14.0. The van der Waals surface area contributed by atoms with Crippen LogP contribution in [0.5, 0.6) is 0 Å². The Morgan fingerprint density at radius 3 is 2.85 bits per heavy atom. The maximum atomic E-state index is 13.3. The molecule has 10 heteroatoms. The fourth-order valence-corrected chi connectivity index (χ4v) is 5.37. The summed E-state index contributed by atoms with van der Waals surface area (Å²) in [4.78, 5) is 28.1. The topological polar surface area (TPSA) is 86.4 Å². The molecule has 1 aliphatic heterocycles. The van der Waals surface area contributed by atoms with Gasteiger partial charge in [-0.1, -0.05) is 29.8 Å². The molecule has 8 nitrogen and oxygen atoms in total. The summed E-state index contributed by atoms with van der Waals surface area (Å²) in [5, 5.41) is 4.29. The highest BCUT2D eigenvalue weighted by Gasteiger charge is 2.21. The normalized spacial score (nSPS) is 14.5. The van der Waals surface area contributed by atoms with Crippen LogP contribution in [0.25, 0.3) is 11.0 Å². The summed E-state index contributed by atoms with van der Waals surface area (Å²) < 4.78 is 19.6. The summed E-state index contributed by atoms with van der Waals surface area (Å²) in [6, 6.07) is 14.8. The van der Waals surface area contributed by atoms with Gasteiger partial charge in [0.1, 0.15) is 23.6 Å². The van der Waals surface area contributed by atoms with Crippen LogP contribution in [0.2, 0.25) is 5.02 Å². The molecule has 0 radical (unpaired) electrons. The highest BCUT2D eigenvalue weighted by molar-refractivity contribution is 6.31. The number of piperidine rings is 1. The summed E-state index contributed by atoms with van der Waals surface area (Å²) in [5.41, 5.74) is 3.80. The smallest absolute Gasteiger partial charge is 0.216 e. The molecule has 1 fully saturated rings. The van der Waals surface area contributed by atoms with Crippen LogP contribution in [0.4, 0.5) is 15.9 Å². The number of benzene rings is 2. The lowest BCUT2D eigenvalue weighted by molar-refractivity contribution is -0.118. The molecule has 2 aromatic carbocycles. The van der Waals surface area contributed by atoms with E-state index in [2.05, 4.69) is 42.2 Å². The summed E-state index contributed by atoms with van der Waals surface area (Å²) in [5.74, 6) is 0.410. The van der Waals surface area contributed by atoms with E-state index < -0.39 is 0 Å². The Morgan fingerprint density at radius 2 is 2.05 bits per heavy atom. The summed E-state index contributed by atoms with van der Waals surface area (Å²) in [7, 11) is 0. The molecule has 1 amide bonds. The standard InChI is InChI=1S/C30H34ClFN6O2/c1-21(39)33-12-16-38(30-27-7-11-34-29(27)35-20-36-30)25-4-2-3-22(17-25)19-40-26-9-14-37(15-10-26)13-8-23-5-6-24(32)18-28(23)31/h2-7,11,17-18,20,26H,8-10,12-16,19H2,1H3,(H,33,39)(H,34,35,36). The van der Waals surface area contributed by atoms with E-state index in [0.29, 0.717) is 24.7 Å². The minimum Gasteiger partial charge on any atom is -0.373 e. The second-order valence-corrected chi connectivity index (χ2v) is 10.5. The SMILES string of the molecule is CC(=O)NCCN(c1cccc(COC2CCN(CCc3ccc(F)cc3Cl)CC2)c1)c1ncnc2[nH]ccc12. The Kier molecular flexibility index (Phi) is 9.26. The average molecular weight is 565 g/mol. The Labute approximate surface area is 238 Å². The number of aromatic amines is 1. The molecule has 1 aliphatic rings. The zero-order chi connectivity index (χ0) is 27.9. The fraction of sp³-hybridized carbons (Fsp3) is 0.367. The van der Waals surface area contributed by atoms with Gasteiger partial charge in [0.05, 0.1) is 18.1 Å². The Hall–Kier alpha value is -3.53. The van der Waals surface area contributed by atoms with E-state index in [4.69, 9.17) is 16.3 Å². The van der Waals surface area contributed by atoms with E-state index in [1.54, 1.807) is 12.4 Å². The molecule has 5 rings (SSSR count). The third-order valence-electron chi connectivity index (χ3n) is 7.25. The molecule has 0 atom stereocenters. The van der Waals surface area contributed by atoms with Crippen LogP contribution in [0.1, 0.15) is 30.9 Å². The Bertz CT molecular complexity index is 1440. The molecule has 0 spiro atoms. The molecular weight excluding hydrogens is 531 g/mol. The quantitative estimate of drug-likeness (QED) is 0.259. The predicted molar refractivity (Wildman–Crippen MR) is 155 cm³/mol. The van der Waals surface area contributed by atoms with Crippen molar-refractivity contribution in [3.05, 3.63) is 83.0 Å². The van der Waals surface area contributed by atoms with E-state index in [1.165, 1.54) is 19.1 Å². The summed E-state index contributed by atoms with van der Waals surface area (Å²) in [6.45, 7) is 5.89. The zero-order valence-corrected chi connectivity index (χ0v) is 23.3. The van der Waals surface area contributed by atoms with Crippen molar-refractivity contribution in [2.75, 3.05) is 37.6 Å². The van der Waals surface area contributed by atoms with Crippen LogP contribution in [-0.4, -0.2) is 64.6 Å². The second kappa shape index (κ2) is 13.2. The molecule has 2 aromatic heterocycles. The lowest BCUT2D eigenvalue weighted by Gasteiger charge is -2.32. The molecule has 2 N–H and O–H groups in total. The van der Waals surface area contributed by atoms with Gasteiger partial charge in [0.15, 0.2) is 0 Å². The third kappa shape index (κ3) is 7.15. The number of H-pyrrole nitrogens is 1. The van der Waals surface area contributed by atoms with Crippen molar-refractivity contribution in [1.29, 1.82) is 0 Å². The van der Waals surface area contributed by atoms with Gasteiger partial charge in [-0.2, -0.15) is 0 Å². The second-order valence-electron chi connectivity index (χ2n) is 10.1. The molecule has 3 heterocycles. The van der Waals surface area contributed by atoms with Crippen LogP contribution in [-0.2, 0) is 22.6 Å². The van der Waals surface area contributed by atoms with Crippen molar-refractivity contribution >= 4 is 40.0 Å². The molecule has 4 aromatic rings. The molecular formula is C30H34ClFN6O2. The average Bonchev–Trinajstić information content (AvgIpc) is 3.44. The number of amides is 1. The number of likely N-dealkylation sites (tertiary alicyclic amines) is 1. The van der Waals surface area contributed by atoms with Crippen LogP contribution in [0, 0.1) is 5.82 Å². The van der Waals surface area contributed by atoms with Gasteiger partial charge in [-0.05, 0) is 60.7 Å². The summed E-state index contributed by atoms with van der Waals surface area (Å²) in [6.07, 6.45) is 6.33. The third-order valence-corrected chi connectivity index (χ3v) is 7.60. The van der Waals surface area contributed by atoms with Gasteiger partial charge >= 0.3 is 0 Å². The van der Waals surface area contributed by atoms with Crippen LogP contribution in [0.3, 0.4) is 0 Å². The van der Waals surface area contributed by atoms with E-state index in [-0.39, 0.29) is 17.8 Å². The maximum Gasteiger partial charge on any atom is 0.216 e. The van der Waals surface area contributed by atoms with Crippen molar-refractivity contribution in [3.8, 4) is 0 Å². The number of halogens is 2. The molecule has 1 saturated heterocycles. The van der Waals surface area contributed by atoms with Crippen molar-refractivity contribution in [3.63, 3.8) is 0 Å². The van der Waals surface area contributed by atoms with Gasteiger partial charge in [0.25, 0.3) is 0 Å². The van der Waals surface area contributed by atoms with Crippen LogP contribution in [0.15, 0.2) is 61.1 Å². The molecule has 40 heavy (non-hydrogen) atoms. The van der Waals surface area contributed by atoms with Gasteiger partial charge in [-0.15, -0.1) is 0 Å². The summed E-state index contributed by atoms with van der Waals surface area (Å²) >= 11 is 6.19. The van der Waals surface area contributed by atoms with Crippen molar-refractivity contribution in [2.45, 2.75) is 38.9 Å². The molecule has 0 saturated carbocycles. The van der Waals surface area contributed by atoms with Crippen molar-refractivity contribution in [2.24, 2.45) is 0 Å². The Morgan fingerprint density at radius 1 is 1.20 bits per heavy atom. The molecule has 210 valence electrons. The number of hydrogen-bond donors (Lipinski definition) is 2. The van der Waals surface area contributed by atoms with Gasteiger partial charge < -0.3 is 24.8 Å². The molecule has 0 bridgehead atoms.